The van der Waals surface area contributed by atoms with E-state index in [1.165, 1.54) is 0 Å². The lowest BCUT2D eigenvalue weighted by Crippen LogP contribution is -2.31. The molecule has 0 aromatic carbocycles. The minimum absolute atomic E-state index is 0.0800. The molecule has 6 nitrogen and oxygen atoms in total. The van der Waals surface area contributed by atoms with E-state index in [1.807, 2.05) is 14.0 Å². The molecule has 1 fully saturated rings. The summed E-state index contributed by atoms with van der Waals surface area (Å²) in [6.07, 6.45) is 2.25. The van der Waals surface area contributed by atoms with Gasteiger partial charge in [0.2, 0.25) is 5.89 Å². The van der Waals surface area contributed by atoms with Crippen LogP contribution in [0.3, 0.4) is 0 Å². The molecule has 1 aromatic heterocycles. The van der Waals surface area contributed by atoms with Crippen LogP contribution < -0.4 is 10.2 Å². The maximum absolute atomic E-state index is 5.74. The van der Waals surface area contributed by atoms with E-state index >= 15 is 0 Å². The van der Waals surface area contributed by atoms with Crippen LogP contribution in [0.25, 0.3) is 0 Å². The van der Waals surface area contributed by atoms with Crippen molar-refractivity contribution in [3.8, 4) is 0 Å². The Balaban J connectivity index is 2.07. The van der Waals surface area contributed by atoms with Crippen LogP contribution in [0.2, 0.25) is 0 Å². The number of nitrogens with one attached hydrogen (secondary N) is 1. The van der Waals surface area contributed by atoms with Crippen molar-refractivity contribution in [1.82, 2.24) is 15.5 Å². The van der Waals surface area contributed by atoms with Crippen molar-refractivity contribution in [1.29, 1.82) is 0 Å². The molecule has 2 rings (SSSR count). The predicted molar refractivity (Wildman–Crippen MR) is 68.6 cm³/mol. The minimum Gasteiger partial charge on any atom is -0.406 e. The zero-order valence-electron chi connectivity index (χ0n) is 11.3. The number of aromatic nitrogens is 2. The molecule has 2 atom stereocenters. The first-order chi connectivity index (χ1) is 8.74. The predicted octanol–water partition coefficient (Wildman–Crippen LogP) is 1.36. The molecule has 18 heavy (non-hydrogen) atoms. The molecule has 0 spiro atoms. The fourth-order valence-corrected chi connectivity index (χ4v) is 1.97. The van der Waals surface area contributed by atoms with E-state index in [4.69, 9.17) is 9.15 Å². The Kier molecular flexibility index (Phi) is 4.54. The van der Waals surface area contributed by atoms with Gasteiger partial charge >= 0.3 is 6.01 Å². The maximum atomic E-state index is 5.74. The molecular formula is C12H22N4O2. The van der Waals surface area contributed by atoms with Crippen LogP contribution in [-0.4, -0.2) is 43.0 Å². The molecule has 1 aromatic rings. The highest BCUT2D eigenvalue weighted by atomic mass is 16.5. The molecule has 0 aliphatic carbocycles. The van der Waals surface area contributed by atoms with Gasteiger partial charge in [-0.15, -0.1) is 5.10 Å². The third kappa shape index (κ3) is 3.00. The molecule has 1 aliphatic rings. The van der Waals surface area contributed by atoms with Crippen molar-refractivity contribution in [2.75, 3.05) is 31.6 Å². The summed E-state index contributed by atoms with van der Waals surface area (Å²) in [5, 5.41) is 11.3. The fourth-order valence-electron chi connectivity index (χ4n) is 1.97. The van der Waals surface area contributed by atoms with Crippen LogP contribution >= 0.6 is 0 Å². The smallest absolute Gasteiger partial charge is 0.318 e. The number of ether oxygens (including phenoxy) is 1. The Labute approximate surface area is 108 Å². The molecule has 2 unspecified atom stereocenters. The normalized spacial score (nSPS) is 22.8. The van der Waals surface area contributed by atoms with Gasteiger partial charge in [-0.25, -0.2) is 0 Å². The molecule has 2 heterocycles. The Bertz CT molecular complexity index is 369. The average Bonchev–Trinajstić information content (AvgIpc) is 2.76. The zero-order valence-corrected chi connectivity index (χ0v) is 11.3. The second-order valence-electron chi connectivity index (χ2n) is 4.63. The van der Waals surface area contributed by atoms with Crippen LogP contribution in [0.5, 0.6) is 0 Å². The van der Waals surface area contributed by atoms with Crippen LogP contribution in [0.1, 0.15) is 38.6 Å². The first-order valence-electron chi connectivity index (χ1n) is 6.61. The largest absolute Gasteiger partial charge is 0.406 e. The number of hydrogen-bond acceptors (Lipinski definition) is 6. The van der Waals surface area contributed by atoms with Crippen LogP contribution in [0.15, 0.2) is 4.42 Å². The van der Waals surface area contributed by atoms with E-state index in [9.17, 15) is 0 Å². The molecule has 1 saturated heterocycles. The van der Waals surface area contributed by atoms with Gasteiger partial charge in [0.1, 0.15) is 0 Å². The third-order valence-corrected chi connectivity index (χ3v) is 3.31. The van der Waals surface area contributed by atoms with Gasteiger partial charge in [0.05, 0.1) is 12.1 Å². The first kappa shape index (κ1) is 13.3. The van der Waals surface area contributed by atoms with Crippen molar-refractivity contribution >= 4 is 6.01 Å². The van der Waals surface area contributed by atoms with Crippen LogP contribution in [0, 0.1) is 0 Å². The van der Waals surface area contributed by atoms with Gasteiger partial charge in [-0.05, 0) is 26.8 Å². The Morgan fingerprint density at radius 3 is 3.06 bits per heavy atom. The number of rotatable bonds is 4. The number of hydrogen-bond donors (Lipinski definition) is 1. The Hall–Kier alpha value is -1.14. The molecule has 102 valence electrons. The van der Waals surface area contributed by atoms with Crippen molar-refractivity contribution in [3.63, 3.8) is 0 Å². The zero-order chi connectivity index (χ0) is 13.0. The minimum atomic E-state index is 0.0800. The Morgan fingerprint density at radius 2 is 2.33 bits per heavy atom. The van der Waals surface area contributed by atoms with Crippen molar-refractivity contribution in [3.05, 3.63) is 5.89 Å². The Morgan fingerprint density at radius 1 is 1.50 bits per heavy atom. The molecular weight excluding hydrogens is 232 g/mol. The summed E-state index contributed by atoms with van der Waals surface area (Å²) in [7, 11) is 1.88. The molecule has 0 bridgehead atoms. The fraction of sp³-hybridized carbons (Fsp3) is 0.833. The molecule has 0 saturated carbocycles. The van der Waals surface area contributed by atoms with E-state index in [-0.39, 0.29) is 12.1 Å². The van der Waals surface area contributed by atoms with Crippen LogP contribution in [-0.2, 0) is 4.74 Å². The van der Waals surface area contributed by atoms with Gasteiger partial charge < -0.3 is 19.4 Å². The molecule has 6 heteroatoms. The second-order valence-corrected chi connectivity index (χ2v) is 4.63. The molecule has 0 radical (unpaired) electrons. The summed E-state index contributed by atoms with van der Waals surface area (Å²) in [4.78, 5) is 2.13. The van der Waals surface area contributed by atoms with Gasteiger partial charge in [0.15, 0.2) is 0 Å². The summed E-state index contributed by atoms with van der Waals surface area (Å²) in [6, 6.07) is 0.688. The van der Waals surface area contributed by atoms with Gasteiger partial charge in [0.25, 0.3) is 0 Å². The van der Waals surface area contributed by atoms with Gasteiger partial charge in [-0.3, -0.25) is 0 Å². The van der Waals surface area contributed by atoms with Gasteiger partial charge in [0, 0.05) is 19.7 Å². The van der Waals surface area contributed by atoms with Gasteiger partial charge in [-0.1, -0.05) is 12.0 Å². The molecule has 1 aliphatic heterocycles. The number of nitrogens with zero attached hydrogens (tertiary/aromatic N) is 3. The van der Waals surface area contributed by atoms with Crippen molar-refractivity contribution in [2.45, 2.75) is 38.8 Å². The monoisotopic (exact) mass is 254 g/mol. The summed E-state index contributed by atoms with van der Waals surface area (Å²) in [6.45, 7) is 6.68. The van der Waals surface area contributed by atoms with E-state index in [2.05, 4.69) is 27.3 Å². The SMILES string of the molecule is CCC1CN(c2nnc(C(C)NC)o2)CCCO1. The van der Waals surface area contributed by atoms with Crippen LogP contribution in [0.4, 0.5) is 6.01 Å². The lowest BCUT2D eigenvalue weighted by atomic mass is 10.2. The maximum Gasteiger partial charge on any atom is 0.318 e. The lowest BCUT2D eigenvalue weighted by molar-refractivity contribution is 0.0661. The lowest BCUT2D eigenvalue weighted by Gasteiger charge is -2.20. The highest BCUT2D eigenvalue weighted by Crippen LogP contribution is 2.20. The summed E-state index contributed by atoms with van der Waals surface area (Å²) >= 11 is 0. The summed E-state index contributed by atoms with van der Waals surface area (Å²) in [5.41, 5.74) is 0. The van der Waals surface area contributed by atoms with Gasteiger partial charge in [-0.2, -0.15) is 0 Å². The van der Waals surface area contributed by atoms with E-state index in [1.54, 1.807) is 0 Å². The summed E-state index contributed by atoms with van der Waals surface area (Å²) in [5.74, 6) is 0.630. The van der Waals surface area contributed by atoms with Crippen molar-refractivity contribution < 1.29 is 9.15 Å². The second kappa shape index (κ2) is 6.15. The summed E-state index contributed by atoms with van der Waals surface area (Å²) < 4.78 is 11.4. The highest BCUT2D eigenvalue weighted by molar-refractivity contribution is 5.24. The topological polar surface area (TPSA) is 63.4 Å². The molecule has 1 N–H and O–H groups in total. The highest BCUT2D eigenvalue weighted by Gasteiger charge is 2.22. The first-order valence-corrected chi connectivity index (χ1v) is 6.61. The van der Waals surface area contributed by atoms with E-state index in [0.717, 1.165) is 32.5 Å². The third-order valence-electron chi connectivity index (χ3n) is 3.31. The quantitative estimate of drug-likeness (QED) is 0.875. The average molecular weight is 254 g/mol. The standard InChI is InChI=1S/C12H22N4O2/c1-4-10-8-16(6-5-7-17-10)12-15-14-11(18-12)9(2)13-3/h9-10,13H,4-8H2,1-3H3. The van der Waals surface area contributed by atoms with Crippen molar-refractivity contribution in [2.24, 2.45) is 0 Å². The van der Waals surface area contributed by atoms with E-state index < -0.39 is 0 Å². The number of anilines is 1. The molecule has 0 amide bonds. The van der Waals surface area contributed by atoms with E-state index in [0.29, 0.717) is 11.9 Å².